The van der Waals surface area contributed by atoms with Gasteiger partial charge in [0.15, 0.2) is 0 Å². The summed E-state index contributed by atoms with van der Waals surface area (Å²) in [5.41, 5.74) is 0. The van der Waals surface area contributed by atoms with Crippen molar-refractivity contribution in [3.05, 3.63) is 12.2 Å². The highest BCUT2D eigenvalue weighted by Crippen LogP contribution is 2.11. The van der Waals surface area contributed by atoms with Gasteiger partial charge in [-0.05, 0) is 32.1 Å². The summed E-state index contributed by atoms with van der Waals surface area (Å²) in [6.07, 6.45) is 15.7. The van der Waals surface area contributed by atoms with Crippen LogP contribution in [0.2, 0.25) is 0 Å². The summed E-state index contributed by atoms with van der Waals surface area (Å²) in [7, 11) is -4.67. The molecule has 0 bridgehead atoms. The molecule has 0 aromatic rings. The van der Waals surface area contributed by atoms with Crippen LogP contribution in [-0.2, 0) is 19.4 Å². The molecular formula is C18H34O6S. The maximum absolute atomic E-state index is 11.0. The van der Waals surface area contributed by atoms with Crippen molar-refractivity contribution >= 4 is 16.4 Å². The van der Waals surface area contributed by atoms with Crippen LogP contribution in [0, 0.1) is 0 Å². The van der Waals surface area contributed by atoms with Crippen molar-refractivity contribution in [1.82, 2.24) is 0 Å². The Morgan fingerprint density at radius 1 is 1.00 bits per heavy atom. The van der Waals surface area contributed by atoms with Crippen molar-refractivity contribution < 1.29 is 27.1 Å². The lowest BCUT2D eigenvalue weighted by Crippen LogP contribution is -2.11. The number of allylic oxidation sites excluding steroid dienone is 1. The van der Waals surface area contributed by atoms with Gasteiger partial charge in [0.25, 0.3) is 0 Å². The zero-order chi connectivity index (χ0) is 19.0. The molecule has 0 rings (SSSR count). The zero-order valence-electron chi connectivity index (χ0n) is 15.4. The largest absolute Gasteiger partial charge is 0.448 e. The van der Waals surface area contributed by atoms with Gasteiger partial charge >= 0.3 is 16.4 Å². The topological polar surface area (TPSA) is 101 Å². The van der Waals surface area contributed by atoms with Crippen molar-refractivity contribution in [2.24, 2.45) is 0 Å². The number of rotatable bonds is 16. The smallest absolute Gasteiger partial charge is 0.393 e. The van der Waals surface area contributed by atoms with E-state index >= 15 is 0 Å². The highest BCUT2D eigenvalue weighted by atomic mass is 32.3. The van der Waals surface area contributed by atoms with Gasteiger partial charge in [0.2, 0.25) is 0 Å². The van der Waals surface area contributed by atoms with Gasteiger partial charge in [-0.15, -0.1) is 0 Å². The average Bonchev–Trinajstić information content (AvgIpc) is 2.51. The number of carbonyl (C=O) groups is 1. The first-order chi connectivity index (χ1) is 11.8. The predicted molar refractivity (Wildman–Crippen MR) is 98.5 cm³/mol. The van der Waals surface area contributed by atoms with E-state index in [2.05, 4.69) is 23.3 Å². The van der Waals surface area contributed by atoms with Gasteiger partial charge in [-0.3, -0.25) is 9.35 Å². The molecule has 6 nitrogen and oxygen atoms in total. The standard InChI is InChI=1S/C18H34O6S/c1-2-3-4-11-14-17(19)15-12-9-7-5-6-8-10-13-16-18(20)24-25(21,22)23/h9,12,17,19H,2-8,10-11,13-16H2,1H3,(H,21,22,23)/b12-9+. The van der Waals surface area contributed by atoms with Crippen LogP contribution in [0.25, 0.3) is 0 Å². The van der Waals surface area contributed by atoms with Crippen LogP contribution in [0.15, 0.2) is 12.2 Å². The minimum absolute atomic E-state index is 0.00413. The van der Waals surface area contributed by atoms with Crippen LogP contribution in [0.5, 0.6) is 0 Å². The van der Waals surface area contributed by atoms with Gasteiger partial charge < -0.3 is 9.29 Å². The highest BCUT2D eigenvalue weighted by Gasteiger charge is 2.12. The first-order valence-corrected chi connectivity index (χ1v) is 10.7. The fraction of sp³-hybridized carbons (Fsp3) is 0.833. The van der Waals surface area contributed by atoms with Crippen LogP contribution in [0.1, 0.15) is 90.4 Å². The van der Waals surface area contributed by atoms with Gasteiger partial charge in [0.1, 0.15) is 0 Å². The first kappa shape index (κ1) is 24.1. The molecular weight excluding hydrogens is 344 g/mol. The zero-order valence-corrected chi connectivity index (χ0v) is 16.2. The summed E-state index contributed by atoms with van der Waals surface area (Å²) in [6, 6.07) is 0. The van der Waals surface area contributed by atoms with Crippen molar-refractivity contribution in [3.63, 3.8) is 0 Å². The molecule has 0 heterocycles. The second kappa shape index (κ2) is 15.3. The summed E-state index contributed by atoms with van der Waals surface area (Å²) in [5, 5.41) is 9.82. The maximum Gasteiger partial charge on any atom is 0.448 e. The second-order valence-electron chi connectivity index (χ2n) is 6.40. The number of hydrogen-bond acceptors (Lipinski definition) is 5. The van der Waals surface area contributed by atoms with E-state index in [-0.39, 0.29) is 12.5 Å². The third kappa shape index (κ3) is 19.3. The second-order valence-corrected chi connectivity index (χ2v) is 7.42. The van der Waals surface area contributed by atoms with E-state index in [0.717, 1.165) is 51.4 Å². The molecule has 148 valence electrons. The molecule has 0 aliphatic heterocycles. The van der Waals surface area contributed by atoms with Gasteiger partial charge in [0, 0.05) is 6.42 Å². The number of aliphatic hydroxyl groups is 1. The Balaban J connectivity index is 3.41. The van der Waals surface area contributed by atoms with E-state index in [9.17, 15) is 18.3 Å². The van der Waals surface area contributed by atoms with Crippen LogP contribution in [-0.4, -0.2) is 30.2 Å². The Bertz CT molecular complexity index is 458. The summed E-state index contributed by atoms with van der Waals surface area (Å²) < 4.78 is 32.8. The third-order valence-electron chi connectivity index (χ3n) is 3.92. The highest BCUT2D eigenvalue weighted by molar-refractivity contribution is 7.81. The number of carbonyl (C=O) groups excluding carboxylic acids is 1. The minimum Gasteiger partial charge on any atom is -0.393 e. The maximum atomic E-state index is 11.0. The minimum atomic E-state index is -4.67. The Morgan fingerprint density at radius 3 is 2.32 bits per heavy atom. The summed E-state index contributed by atoms with van der Waals surface area (Å²) in [4.78, 5) is 11.0. The molecule has 0 aromatic heterocycles. The fourth-order valence-electron chi connectivity index (χ4n) is 2.52. The van der Waals surface area contributed by atoms with Crippen molar-refractivity contribution in [1.29, 1.82) is 0 Å². The van der Waals surface area contributed by atoms with Crippen LogP contribution in [0.3, 0.4) is 0 Å². The molecule has 1 atom stereocenters. The molecule has 0 saturated heterocycles. The van der Waals surface area contributed by atoms with Gasteiger partial charge in [0.05, 0.1) is 6.10 Å². The molecule has 7 heteroatoms. The molecule has 0 aliphatic rings. The number of aliphatic hydroxyl groups excluding tert-OH is 1. The lowest BCUT2D eigenvalue weighted by atomic mass is 10.1. The van der Waals surface area contributed by atoms with Gasteiger partial charge in [-0.25, -0.2) is 0 Å². The third-order valence-corrected chi connectivity index (χ3v) is 4.31. The summed E-state index contributed by atoms with van der Waals surface area (Å²) in [5.74, 6) is -0.918. The molecule has 1 unspecified atom stereocenters. The lowest BCUT2D eigenvalue weighted by molar-refractivity contribution is -0.134. The predicted octanol–water partition coefficient (Wildman–Crippen LogP) is 4.34. The molecule has 2 N–H and O–H groups in total. The monoisotopic (exact) mass is 378 g/mol. The molecule has 0 aliphatic carbocycles. The average molecular weight is 379 g/mol. The van der Waals surface area contributed by atoms with Crippen LogP contribution < -0.4 is 0 Å². The van der Waals surface area contributed by atoms with E-state index in [4.69, 9.17) is 4.55 Å². The fourth-order valence-corrected chi connectivity index (χ4v) is 2.83. The molecule has 25 heavy (non-hydrogen) atoms. The molecule has 0 fully saturated rings. The van der Waals surface area contributed by atoms with Gasteiger partial charge in [-0.2, -0.15) is 8.42 Å². The van der Waals surface area contributed by atoms with Gasteiger partial charge in [-0.1, -0.05) is 64.0 Å². The van der Waals surface area contributed by atoms with E-state index in [1.807, 2.05) is 0 Å². The molecule has 0 aromatic carbocycles. The van der Waals surface area contributed by atoms with Crippen molar-refractivity contribution in [2.75, 3.05) is 0 Å². The Morgan fingerprint density at radius 2 is 1.64 bits per heavy atom. The molecule has 0 spiro atoms. The SMILES string of the molecule is CCCCCCC(O)C/C=C/CCCCCCCC(=O)OS(=O)(=O)O. The molecule has 0 radical (unpaired) electrons. The van der Waals surface area contributed by atoms with E-state index in [0.29, 0.717) is 6.42 Å². The summed E-state index contributed by atoms with van der Waals surface area (Å²) in [6.45, 7) is 2.18. The first-order valence-electron chi connectivity index (χ1n) is 9.38. The number of hydrogen-bond donors (Lipinski definition) is 2. The quantitative estimate of drug-likeness (QED) is 0.235. The van der Waals surface area contributed by atoms with E-state index < -0.39 is 16.4 Å². The Hall–Kier alpha value is -0.920. The van der Waals surface area contributed by atoms with Crippen LogP contribution >= 0.6 is 0 Å². The van der Waals surface area contributed by atoms with Crippen molar-refractivity contribution in [2.45, 2.75) is 96.5 Å². The van der Waals surface area contributed by atoms with Crippen LogP contribution in [0.4, 0.5) is 0 Å². The lowest BCUT2D eigenvalue weighted by Gasteiger charge is -2.07. The normalized spacial score (nSPS) is 13.2. The van der Waals surface area contributed by atoms with E-state index in [1.165, 1.54) is 19.3 Å². The Kier molecular flexibility index (Phi) is 14.8. The molecule has 0 saturated carbocycles. The Labute approximate surface area is 152 Å². The van der Waals surface area contributed by atoms with E-state index in [1.54, 1.807) is 0 Å². The van der Waals surface area contributed by atoms with Crippen molar-refractivity contribution in [3.8, 4) is 0 Å². The molecule has 0 amide bonds. The number of unbranched alkanes of at least 4 members (excludes halogenated alkanes) is 8. The summed E-state index contributed by atoms with van der Waals surface area (Å²) >= 11 is 0.